The van der Waals surface area contributed by atoms with Gasteiger partial charge in [-0.2, -0.15) is 0 Å². The lowest BCUT2D eigenvalue weighted by Crippen LogP contribution is -2.26. The zero-order valence-corrected chi connectivity index (χ0v) is 11.5. The highest BCUT2D eigenvalue weighted by molar-refractivity contribution is 5.81. The van der Waals surface area contributed by atoms with E-state index in [0.29, 0.717) is 6.54 Å². The molecule has 19 heavy (non-hydrogen) atoms. The first-order valence-electron chi connectivity index (χ1n) is 6.00. The van der Waals surface area contributed by atoms with Crippen LogP contribution in [0.5, 0.6) is 5.75 Å². The molecule has 0 radical (unpaired) electrons. The molecule has 1 aromatic carbocycles. The summed E-state index contributed by atoms with van der Waals surface area (Å²) in [6, 6.07) is 7.53. The quantitative estimate of drug-likeness (QED) is 0.733. The van der Waals surface area contributed by atoms with Gasteiger partial charge < -0.3 is 14.4 Å². The molecule has 0 fully saturated rings. The fourth-order valence-electron chi connectivity index (χ4n) is 1.63. The summed E-state index contributed by atoms with van der Waals surface area (Å²) in [5, 5.41) is 0. The Morgan fingerprint density at radius 1 is 1.21 bits per heavy atom. The Balaban J connectivity index is 2.51. The van der Waals surface area contributed by atoms with Crippen LogP contribution in [-0.2, 0) is 20.9 Å². The Bertz CT molecular complexity index is 445. The molecule has 5 nitrogen and oxygen atoms in total. The van der Waals surface area contributed by atoms with Crippen molar-refractivity contribution in [1.29, 1.82) is 0 Å². The van der Waals surface area contributed by atoms with Crippen molar-refractivity contribution in [3.63, 3.8) is 0 Å². The average Bonchev–Trinajstić information content (AvgIpc) is 2.44. The van der Waals surface area contributed by atoms with Crippen LogP contribution in [0, 0.1) is 0 Å². The standard InChI is InChI=1S/C14H19NO4/c1-15(13(16)7-8-14(17)19-3)10-11-5-4-6-12(9-11)18-2/h4-6,9H,7-8,10H2,1-3H3. The molecular weight excluding hydrogens is 246 g/mol. The monoisotopic (exact) mass is 265 g/mol. The van der Waals surface area contributed by atoms with Crippen molar-refractivity contribution in [3.05, 3.63) is 29.8 Å². The molecule has 0 atom stereocenters. The highest BCUT2D eigenvalue weighted by Gasteiger charge is 2.12. The molecule has 0 unspecified atom stereocenters. The number of hydrogen-bond donors (Lipinski definition) is 0. The van der Waals surface area contributed by atoms with Gasteiger partial charge in [-0.15, -0.1) is 0 Å². The Labute approximate surface area is 113 Å². The lowest BCUT2D eigenvalue weighted by atomic mass is 10.2. The molecule has 0 heterocycles. The van der Waals surface area contributed by atoms with Gasteiger partial charge in [0.2, 0.25) is 5.91 Å². The molecule has 0 aliphatic carbocycles. The van der Waals surface area contributed by atoms with E-state index in [9.17, 15) is 9.59 Å². The van der Waals surface area contributed by atoms with Crippen molar-refractivity contribution in [2.75, 3.05) is 21.3 Å². The van der Waals surface area contributed by atoms with Crippen LogP contribution in [0.1, 0.15) is 18.4 Å². The third-order valence-electron chi connectivity index (χ3n) is 2.75. The van der Waals surface area contributed by atoms with Crippen LogP contribution in [-0.4, -0.2) is 38.0 Å². The molecule has 1 rings (SSSR count). The average molecular weight is 265 g/mol. The minimum absolute atomic E-state index is 0.0896. The first kappa shape index (κ1) is 15.0. The van der Waals surface area contributed by atoms with Crippen LogP contribution >= 0.6 is 0 Å². The molecule has 0 aliphatic rings. The number of benzene rings is 1. The second-order valence-electron chi connectivity index (χ2n) is 4.18. The number of rotatable bonds is 6. The van der Waals surface area contributed by atoms with Crippen molar-refractivity contribution >= 4 is 11.9 Å². The van der Waals surface area contributed by atoms with E-state index in [-0.39, 0.29) is 24.7 Å². The summed E-state index contributed by atoms with van der Waals surface area (Å²) >= 11 is 0. The number of methoxy groups -OCH3 is 2. The highest BCUT2D eigenvalue weighted by Crippen LogP contribution is 2.14. The van der Waals surface area contributed by atoms with Gasteiger partial charge in [0, 0.05) is 20.0 Å². The summed E-state index contributed by atoms with van der Waals surface area (Å²) in [5.74, 6) is 0.296. The largest absolute Gasteiger partial charge is 0.497 e. The zero-order valence-electron chi connectivity index (χ0n) is 11.5. The normalized spacial score (nSPS) is 9.84. The molecule has 0 spiro atoms. The molecule has 1 aromatic rings. The summed E-state index contributed by atoms with van der Waals surface area (Å²) in [5.41, 5.74) is 0.980. The van der Waals surface area contributed by atoms with Crippen molar-refractivity contribution in [3.8, 4) is 5.75 Å². The predicted molar refractivity (Wildman–Crippen MR) is 70.7 cm³/mol. The van der Waals surface area contributed by atoms with Crippen molar-refractivity contribution < 1.29 is 19.1 Å². The van der Waals surface area contributed by atoms with E-state index in [4.69, 9.17) is 4.74 Å². The van der Waals surface area contributed by atoms with E-state index >= 15 is 0 Å². The molecule has 0 aliphatic heterocycles. The summed E-state index contributed by atoms with van der Waals surface area (Å²) in [4.78, 5) is 24.4. The lowest BCUT2D eigenvalue weighted by Gasteiger charge is -2.17. The molecule has 0 N–H and O–H groups in total. The Hall–Kier alpha value is -2.04. The van der Waals surface area contributed by atoms with Crippen LogP contribution in [0.25, 0.3) is 0 Å². The van der Waals surface area contributed by atoms with Gasteiger partial charge in [0.05, 0.1) is 20.6 Å². The van der Waals surface area contributed by atoms with Gasteiger partial charge in [-0.05, 0) is 17.7 Å². The maximum Gasteiger partial charge on any atom is 0.306 e. The highest BCUT2D eigenvalue weighted by atomic mass is 16.5. The minimum Gasteiger partial charge on any atom is -0.497 e. The third kappa shape index (κ3) is 4.99. The Morgan fingerprint density at radius 2 is 1.95 bits per heavy atom. The number of esters is 1. The number of ether oxygens (including phenoxy) is 2. The predicted octanol–water partition coefficient (Wildman–Crippen LogP) is 1.61. The summed E-state index contributed by atoms with van der Waals surface area (Å²) in [7, 11) is 4.62. The van der Waals surface area contributed by atoms with Gasteiger partial charge in [-0.3, -0.25) is 9.59 Å². The summed E-state index contributed by atoms with van der Waals surface area (Å²) in [6.07, 6.45) is 0.269. The topological polar surface area (TPSA) is 55.8 Å². The molecule has 0 saturated heterocycles. The van der Waals surface area contributed by atoms with Crippen LogP contribution in [0.15, 0.2) is 24.3 Å². The van der Waals surface area contributed by atoms with Crippen LogP contribution in [0.2, 0.25) is 0 Å². The van der Waals surface area contributed by atoms with Crippen LogP contribution in [0.4, 0.5) is 0 Å². The Morgan fingerprint density at radius 3 is 2.58 bits per heavy atom. The van der Waals surface area contributed by atoms with Crippen molar-refractivity contribution in [2.24, 2.45) is 0 Å². The number of carbonyl (C=O) groups is 2. The maximum atomic E-state index is 11.8. The maximum absolute atomic E-state index is 11.8. The van der Waals surface area contributed by atoms with Gasteiger partial charge in [0.1, 0.15) is 5.75 Å². The van der Waals surface area contributed by atoms with Crippen molar-refractivity contribution in [1.82, 2.24) is 4.90 Å². The smallest absolute Gasteiger partial charge is 0.306 e. The Kier molecular flexibility index (Phi) is 5.85. The molecule has 0 bridgehead atoms. The number of carbonyl (C=O) groups excluding carboxylic acids is 2. The van der Waals surface area contributed by atoms with Gasteiger partial charge >= 0.3 is 5.97 Å². The summed E-state index contributed by atoms with van der Waals surface area (Å²) in [6.45, 7) is 0.483. The second kappa shape index (κ2) is 7.41. The van der Waals surface area contributed by atoms with E-state index in [2.05, 4.69) is 4.74 Å². The number of nitrogens with zero attached hydrogens (tertiary/aromatic N) is 1. The minimum atomic E-state index is -0.372. The van der Waals surface area contributed by atoms with E-state index in [1.165, 1.54) is 7.11 Å². The molecule has 5 heteroatoms. The fourth-order valence-corrected chi connectivity index (χ4v) is 1.63. The molecule has 0 saturated carbocycles. The number of hydrogen-bond acceptors (Lipinski definition) is 4. The zero-order chi connectivity index (χ0) is 14.3. The van der Waals surface area contributed by atoms with E-state index < -0.39 is 0 Å². The molecule has 0 aromatic heterocycles. The van der Waals surface area contributed by atoms with Crippen LogP contribution in [0.3, 0.4) is 0 Å². The molecular formula is C14H19NO4. The van der Waals surface area contributed by atoms with Gasteiger partial charge in [-0.1, -0.05) is 12.1 Å². The lowest BCUT2D eigenvalue weighted by molar-refractivity contribution is -0.143. The SMILES string of the molecule is COC(=O)CCC(=O)N(C)Cc1cccc(OC)c1. The van der Waals surface area contributed by atoms with E-state index in [0.717, 1.165) is 11.3 Å². The van der Waals surface area contributed by atoms with E-state index in [1.54, 1.807) is 19.1 Å². The first-order chi connectivity index (χ1) is 9.06. The second-order valence-corrected chi connectivity index (χ2v) is 4.18. The van der Waals surface area contributed by atoms with Crippen LogP contribution < -0.4 is 4.74 Å². The van der Waals surface area contributed by atoms with Gasteiger partial charge in [0.25, 0.3) is 0 Å². The van der Waals surface area contributed by atoms with Crippen molar-refractivity contribution in [2.45, 2.75) is 19.4 Å². The molecule has 104 valence electrons. The fraction of sp³-hybridized carbons (Fsp3) is 0.429. The van der Waals surface area contributed by atoms with E-state index in [1.807, 2.05) is 24.3 Å². The van der Waals surface area contributed by atoms with Gasteiger partial charge in [0.15, 0.2) is 0 Å². The van der Waals surface area contributed by atoms with Gasteiger partial charge in [-0.25, -0.2) is 0 Å². The number of amides is 1. The summed E-state index contributed by atoms with van der Waals surface area (Å²) < 4.78 is 9.63. The first-order valence-corrected chi connectivity index (χ1v) is 6.00. The third-order valence-corrected chi connectivity index (χ3v) is 2.75. The molecule has 1 amide bonds.